The number of ether oxygens (including phenoxy) is 2. The molecule has 1 aromatic rings. The second-order valence-corrected chi connectivity index (χ2v) is 5.23. The Kier molecular flexibility index (Phi) is 4.20. The van der Waals surface area contributed by atoms with Crippen molar-refractivity contribution in [2.45, 2.75) is 25.4 Å². The zero-order valence-corrected chi connectivity index (χ0v) is 11.3. The van der Waals surface area contributed by atoms with E-state index < -0.39 is 0 Å². The average molecular weight is 262 g/mol. The largest absolute Gasteiger partial charge is 0.382 e. The molecule has 2 fully saturated rings. The second-order valence-electron chi connectivity index (χ2n) is 5.23. The van der Waals surface area contributed by atoms with E-state index in [0.29, 0.717) is 6.79 Å². The maximum absolute atomic E-state index is 5.51. The minimum atomic E-state index is 0.270. The van der Waals surface area contributed by atoms with Gasteiger partial charge in [-0.1, -0.05) is 0 Å². The van der Waals surface area contributed by atoms with Gasteiger partial charge in [-0.2, -0.15) is 0 Å². The zero-order valence-electron chi connectivity index (χ0n) is 11.3. The fourth-order valence-electron chi connectivity index (χ4n) is 2.66. The molecule has 2 heterocycles. The Morgan fingerprint density at radius 2 is 1.95 bits per heavy atom. The Morgan fingerprint density at radius 3 is 2.63 bits per heavy atom. The number of anilines is 2. The summed E-state index contributed by atoms with van der Waals surface area (Å²) in [4.78, 5) is 2.45. The summed E-state index contributed by atoms with van der Waals surface area (Å²) in [6.45, 7) is 4.48. The first-order chi connectivity index (χ1) is 9.42. The number of benzene rings is 1. The van der Waals surface area contributed by atoms with Crippen LogP contribution >= 0.6 is 0 Å². The molecule has 104 valence electrons. The number of hydrogen-bond donors (Lipinski definition) is 1. The third-order valence-corrected chi connectivity index (χ3v) is 3.84. The molecule has 0 aliphatic carbocycles. The predicted octanol–water partition coefficient (Wildman–Crippen LogP) is 2.46. The topological polar surface area (TPSA) is 33.7 Å². The van der Waals surface area contributed by atoms with Gasteiger partial charge in [-0.05, 0) is 43.5 Å². The molecule has 1 N–H and O–H groups in total. The molecule has 1 aromatic carbocycles. The first-order valence-corrected chi connectivity index (χ1v) is 7.20. The van der Waals surface area contributed by atoms with Gasteiger partial charge < -0.3 is 19.7 Å². The number of rotatable bonds is 4. The lowest BCUT2D eigenvalue weighted by Gasteiger charge is -2.23. The maximum Gasteiger partial charge on any atom is 0.147 e. The molecule has 1 atom stereocenters. The average Bonchev–Trinajstić information content (AvgIpc) is 3.01. The third-order valence-electron chi connectivity index (χ3n) is 3.84. The van der Waals surface area contributed by atoms with Crippen molar-refractivity contribution in [3.05, 3.63) is 24.3 Å². The normalized spacial score (nSPS) is 23.6. The summed E-state index contributed by atoms with van der Waals surface area (Å²) in [7, 11) is 0. The number of hydrogen-bond acceptors (Lipinski definition) is 4. The van der Waals surface area contributed by atoms with Crippen molar-refractivity contribution < 1.29 is 9.47 Å². The number of nitrogens with one attached hydrogen (secondary N) is 1. The molecule has 0 spiro atoms. The Labute approximate surface area is 114 Å². The Bertz CT molecular complexity index is 382. The smallest absolute Gasteiger partial charge is 0.147 e. The summed E-state index contributed by atoms with van der Waals surface area (Å²) >= 11 is 0. The molecule has 2 aliphatic rings. The molecule has 2 saturated heterocycles. The standard InChI is InChI=1S/C15H22N2O2/c1-2-9-17(8-1)14-5-3-13(4-6-14)16-11-15-7-10-18-12-19-15/h3-6,15-16H,1-2,7-12H2. The van der Waals surface area contributed by atoms with E-state index in [9.17, 15) is 0 Å². The highest BCUT2D eigenvalue weighted by Gasteiger charge is 2.14. The van der Waals surface area contributed by atoms with Crippen molar-refractivity contribution in [3.63, 3.8) is 0 Å². The van der Waals surface area contributed by atoms with Crippen molar-refractivity contribution in [2.24, 2.45) is 0 Å². The van der Waals surface area contributed by atoms with Crippen LogP contribution in [-0.2, 0) is 9.47 Å². The zero-order chi connectivity index (χ0) is 12.9. The van der Waals surface area contributed by atoms with Gasteiger partial charge in [0.25, 0.3) is 0 Å². The summed E-state index contributed by atoms with van der Waals surface area (Å²) in [5.41, 5.74) is 2.50. The summed E-state index contributed by atoms with van der Waals surface area (Å²) < 4.78 is 10.7. The Hall–Kier alpha value is -1.26. The van der Waals surface area contributed by atoms with Crippen LogP contribution in [0.2, 0.25) is 0 Å². The molecule has 4 nitrogen and oxygen atoms in total. The Morgan fingerprint density at radius 1 is 1.16 bits per heavy atom. The molecule has 0 bridgehead atoms. The first-order valence-electron chi connectivity index (χ1n) is 7.20. The molecule has 4 heteroatoms. The SMILES string of the molecule is c1cc(N2CCCC2)ccc1NCC1CCOCO1. The van der Waals surface area contributed by atoms with Gasteiger partial charge in [-0.25, -0.2) is 0 Å². The molecule has 1 unspecified atom stereocenters. The van der Waals surface area contributed by atoms with E-state index in [0.717, 1.165) is 25.3 Å². The van der Waals surface area contributed by atoms with Gasteiger partial charge in [0, 0.05) is 31.0 Å². The fourth-order valence-corrected chi connectivity index (χ4v) is 2.66. The van der Waals surface area contributed by atoms with Crippen molar-refractivity contribution in [1.82, 2.24) is 0 Å². The van der Waals surface area contributed by atoms with Crippen molar-refractivity contribution in [1.29, 1.82) is 0 Å². The van der Waals surface area contributed by atoms with Crippen molar-refractivity contribution >= 4 is 11.4 Å². The lowest BCUT2D eigenvalue weighted by Crippen LogP contribution is -2.30. The van der Waals surface area contributed by atoms with Crippen molar-refractivity contribution in [3.8, 4) is 0 Å². The van der Waals surface area contributed by atoms with E-state index in [1.165, 1.54) is 31.6 Å². The van der Waals surface area contributed by atoms with Crippen LogP contribution in [0.1, 0.15) is 19.3 Å². The van der Waals surface area contributed by atoms with Gasteiger partial charge in [0.05, 0.1) is 12.7 Å². The van der Waals surface area contributed by atoms with Gasteiger partial charge >= 0.3 is 0 Å². The third kappa shape index (κ3) is 3.39. The van der Waals surface area contributed by atoms with Crippen LogP contribution in [0.4, 0.5) is 11.4 Å². The summed E-state index contributed by atoms with van der Waals surface area (Å²) in [6.07, 6.45) is 3.88. The molecule has 0 saturated carbocycles. The van der Waals surface area contributed by atoms with Crippen LogP contribution in [0.25, 0.3) is 0 Å². The van der Waals surface area contributed by atoms with Crippen LogP contribution in [0.15, 0.2) is 24.3 Å². The molecule has 3 rings (SSSR count). The minimum Gasteiger partial charge on any atom is -0.382 e. The first kappa shape index (κ1) is 12.8. The lowest BCUT2D eigenvalue weighted by atomic mass is 10.2. The summed E-state index contributed by atoms with van der Waals surface area (Å²) in [5, 5.41) is 3.43. The lowest BCUT2D eigenvalue weighted by molar-refractivity contribution is -0.133. The quantitative estimate of drug-likeness (QED) is 0.903. The van der Waals surface area contributed by atoms with Crippen LogP contribution < -0.4 is 10.2 Å². The van der Waals surface area contributed by atoms with Gasteiger partial charge in [-0.3, -0.25) is 0 Å². The predicted molar refractivity (Wildman–Crippen MR) is 76.7 cm³/mol. The summed E-state index contributed by atoms with van der Waals surface area (Å²) in [5.74, 6) is 0. The molecule has 0 amide bonds. The Balaban J connectivity index is 1.50. The van der Waals surface area contributed by atoms with Gasteiger partial charge in [-0.15, -0.1) is 0 Å². The van der Waals surface area contributed by atoms with E-state index in [2.05, 4.69) is 34.5 Å². The van der Waals surface area contributed by atoms with E-state index in [1.54, 1.807) is 0 Å². The van der Waals surface area contributed by atoms with E-state index in [4.69, 9.17) is 9.47 Å². The summed E-state index contributed by atoms with van der Waals surface area (Å²) in [6, 6.07) is 8.73. The van der Waals surface area contributed by atoms with E-state index in [-0.39, 0.29) is 6.10 Å². The molecule has 0 aromatic heterocycles. The van der Waals surface area contributed by atoms with Crippen LogP contribution in [0, 0.1) is 0 Å². The molecular formula is C15H22N2O2. The van der Waals surface area contributed by atoms with Gasteiger partial charge in [0.1, 0.15) is 6.79 Å². The van der Waals surface area contributed by atoms with E-state index >= 15 is 0 Å². The molecule has 2 aliphatic heterocycles. The van der Waals surface area contributed by atoms with Gasteiger partial charge in [0.2, 0.25) is 0 Å². The highest BCUT2D eigenvalue weighted by Crippen LogP contribution is 2.22. The van der Waals surface area contributed by atoms with Crippen molar-refractivity contribution in [2.75, 3.05) is 43.3 Å². The van der Waals surface area contributed by atoms with Crippen LogP contribution in [0.5, 0.6) is 0 Å². The minimum absolute atomic E-state index is 0.270. The second kappa shape index (κ2) is 6.26. The molecular weight excluding hydrogens is 240 g/mol. The highest BCUT2D eigenvalue weighted by atomic mass is 16.7. The maximum atomic E-state index is 5.51. The van der Waals surface area contributed by atoms with Crippen LogP contribution in [-0.4, -0.2) is 39.1 Å². The molecule has 0 radical (unpaired) electrons. The van der Waals surface area contributed by atoms with E-state index in [1.807, 2.05) is 0 Å². The van der Waals surface area contributed by atoms with Gasteiger partial charge in [0.15, 0.2) is 0 Å². The number of nitrogens with zero attached hydrogens (tertiary/aromatic N) is 1. The van der Waals surface area contributed by atoms with Crippen LogP contribution in [0.3, 0.4) is 0 Å². The molecule has 19 heavy (non-hydrogen) atoms. The fraction of sp³-hybridized carbons (Fsp3) is 0.600. The highest BCUT2D eigenvalue weighted by molar-refractivity contribution is 5.55. The monoisotopic (exact) mass is 262 g/mol.